The molecule has 0 fully saturated rings. The standard InChI is InChI=1S/C14H10Cl4N4O3/c1-5(13(23)21-6-3-2-4-20-11(6)17)25-14(24)10-7(15)9(19)8(16)12(18)22-10/h2-5H,1H3,(H2,19,22)(H,21,23). The van der Waals surface area contributed by atoms with Gasteiger partial charge in [-0.25, -0.2) is 14.8 Å². The molecular weight excluding hydrogens is 414 g/mol. The second-order valence-electron chi connectivity index (χ2n) is 4.67. The summed E-state index contributed by atoms with van der Waals surface area (Å²) in [6.07, 6.45) is 0.279. The fraction of sp³-hybridized carbons (Fsp3) is 0.143. The number of nitrogen functional groups attached to an aromatic ring is 1. The van der Waals surface area contributed by atoms with E-state index in [1.54, 1.807) is 12.1 Å². The zero-order valence-electron chi connectivity index (χ0n) is 12.5. The number of amides is 1. The number of hydrogen-bond acceptors (Lipinski definition) is 6. The van der Waals surface area contributed by atoms with Gasteiger partial charge in [-0.1, -0.05) is 46.4 Å². The highest BCUT2D eigenvalue weighted by atomic mass is 35.5. The van der Waals surface area contributed by atoms with E-state index < -0.39 is 18.0 Å². The first kappa shape index (κ1) is 19.5. The van der Waals surface area contributed by atoms with Crippen molar-refractivity contribution in [2.24, 2.45) is 0 Å². The normalized spacial score (nSPS) is 11.7. The van der Waals surface area contributed by atoms with E-state index in [9.17, 15) is 9.59 Å². The molecule has 7 nitrogen and oxygen atoms in total. The van der Waals surface area contributed by atoms with Crippen LogP contribution >= 0.6 is 46.4 Å². The maximum atomic E-state index is 12.2. The second kappa shape index (κ2) is 8.05. The molecule has 0 spiro atoms. The van der Waals surface area contributed by atoms with Crippen LogP contribution in [0.25, 0.3) is 0 Å². The summed E-state index contributed by atoms with van der Waals surface area (Å²) >= 11 is 23.3. The Morgan fingerprint density at radius 2 is 1.88 bits per heavy atom. The van der Waals surface area contributed by atoms with Crippen LogP contribution in [0.15, 0.2) is 18.3 Å². The molecule has 0 aliphatic rings. The minimum atomic E-state index is -1.18. The summed E-state index contributed by atoms with van der Waals surface area (Å²) in [7, 11) is 0. The SMILES string of the molecule is CC(OC(=O)c1nc(Cl)c(Cl)c(N)c1Cl)C(=O)Nc1cccnc1Cl. The smallest absolute Gasteiger partial charge is 0.359 e. The molecule has 0 saturated carbocycles. The van der Waals surface area contributed by atoms with E-state index in [1.165, 1.54) is 13.1 Å². The van der Waals surface area contributed by atoms with Crippen LogP contribution in [0, 0.1) is 0 Å². The Bertz CT molecular complexity index is 847. The summed E-state index contributed by atoms with van der Waals surface area (Å²) < 4.78 is 5.02. The fourth-order valence-corrected chi connectivity index (χ4v) is 2.40. The third-order valence-corrected chi connectivity index (χ3v) is 4.37. The van der Waals surface area contributed by atoms with Gasteiger partial charge in [0.1, 0.15) is 5.02 Å². The van der Waals surface area contributed by atoms with Crippen molar-refractivity contribution >= 4 is 69.7 Å². The molecule has 0 aliphatic carbocycles. The van der Waals surface area contributed by atoms with Gasteiger partial charge in [0.2, 0.25) is 0 Å². The summed E-state index contributed by atoms with van der Waals surface area (Å²) in [5, 5.41) is 2.05. The highest BCUT2D eigenvalue weighted by Crippen LogP contribution is 2.34. The molecule has 1 amide bonds. The largest absolute Gasteiger partial charge is 0.448 e. The average Bonchev–Trinajstić information content (AvgIpc) is 2.58. The van der Waals surface area contributed by atoms with E-state index in [1.807, 2.05) is 0 Å². The van der Waals surface area contributed by atoms with Gasteiger partial charge in [-0.15, -0.1) is 0 Å². The van der Waals surface area contributed by atoms with E-state index in [0.29, 0.717) is 0 Å². The molecular formula is C14H10Cl4N4O3. The zero-order chi connectivity index (χ0) is 18.7. The summed E-state index contributed by atoms with van der Waals surface area (Å²) in [5.74, 6) is -1.62. The number of halogens is 4. The second-order valence-corrected chi connectivity index (χ2v) is 6.14. The Morgan fingerprint density at radius 1 is 1.20 bits per heavy atom. The number of esters is 1. The predicted octanol–water partition coefficient (Wildman–Crippen LogP) is 3.86. The number of rotatable bonds is 4. The summed E-state index contributed by atoms with van der Waals surface area (Å²) in [5.41, 5.74) is 5.43. The molecule has 2 heterocycles. The maximum Gasteiger partial charge on any atom is 0.359 e. The molecule has 0 bridgehead atoms. The van der Waals surface area contributed by atoms with E-state index in [2.05, 4.69) is 15.3 Å². The van der Waals surface area contributed by atoms with Gasteiger partial charge < -0.3 is 15.8 Å². The number of anilines is 2. The first-order valence-electron chi connectivity index (χ1n) is 6.64. The van der Waals surface area contributed by atoms with Crippen molar-refractivity contribution in [1.82, 2.24) is 9.97 Å². The van der Waals surface area contributed by atoms with E-state index in [-0.39, 0.29) is 37.4 Å². The Morgan fingerprint density at radius 3 is 2.52 bits per heavy atom. The van der Waals surface area contributed by atoms with Crippen molar-refractivity contribution in [3.05, 3.63) is 44.4 Å². The van der Waals surface area contributed by atoms with Gasteiger partial charge in [0.15, 0.2) is 22.1 Å². The molecule has 3 N–H and O–H groups in total. The van der Waals surface area contributed by atoms with Crippen LogP contribution in [0.5, 0.6) is 0 Å². The molecule has 25 heavy (non-hydrogen) atoms. The topological polar surface area (TPSA) is 107 Å². The monoisotopic (exact) mass is 422 g/mol. The summed E-state index contributed by atoms with van der Waals surface area (Å²) in [6, 6.07) is 3.13. The third kappa shape index (κ3) is 4.43. The third-order valence-electron chi connectivity index (χ3n) is 2.94. The quantitative estimate of drug-likeness (QED) is 0.571. The van der Waals surface area contributed by atoms with Crippen molar-refractivity contribution in [2.75, 3.05) is 11.1 Å². The Hall–Kier alpha value is -1.80. The van der Waals surface area contributed by atoms with Crippen molar-refractivity contribution in [3.63, 3.8) is 0 Å². The van der Waals surface area contributed by atoms with E-state index in [4.69, 9.17) is 56.9 Å². The minimum absolute atomic E-state index is 0.0831. The molecule has 132 valence electrons. The van der Waals surface area contributed by atoms with Crippen LogP contribution in [-0.4, -0.2) is 27.9 Å². The number of nitrogens with two attached hydrogens (primary N) is 1. The van der Waals surface area contributed by atoms with Crippen LogP contribution in [0.4, 0.5) is 11.4 Å². The molecule has 1 atom stereocenters. The van der Waals surface area contributed by atoms with Crippen LogP contribution in [0.3, 0.4) is 0 Å². The first-order chi connectivity index (χ1) is 11.7. The number of carbonyl (C=O) groups is 2. The van der Waals surface area contributed by atoms with Crippen LogP contribution in [0.2, 0.25) is 20.4 Å². The predicted molar refractivity (Wildman–Crippen MR) is 96.4 cm³/mol. The van der Waals surface area contributed by atoms with Gasteiger partial charge in [0, 0.05) is 6.20 Å². The minimum Gasteiger partial charge on any atom is -0.448 e. The number of aromatic nitrogens is 2. The molecule has 0 aliphatic heterocycles. The molecule has 0 radical (unpaired) electrons. The van der Waals surface area contributed by atoms with Gasteiger partial charge in [0.25, 0.3) is 5.91 Å². The van der Waals surface area contributed by atoms with Crippen LogP contribution in [-0.2, 0) is 9.53 Å². The number of ether oxygens (including phenoxy) is 1. The molecule has 0 aromatic carbocycles. The van der Waals surface area contributed by atoms with Crippen molar-refractivity contribution < 1.29 is 14.3 Å². The zero-order valence-corrected chi connectivity index (χ0v) is 15.5. The highest BCUT2D eigenvalue weighted by molar-refractivity contribution is 6.46. The van der Waals surface area contributed by atoms with E-state index in [0.717, 1.165) is 0 Å². The lowest BCUT2D eigenvalue weighted by Gasteiger charge is -2.15. The molecule has 2 aromatic rings. The first-order valence-corrected chi connectivity index (χ1v) is 8.15. The molecule has 11 heteroatoms. The van der Waals surface area contributed by atoms with E-state index >= 15 is 0 Å². The number of carbonyl (C=O) groups excluding carboxylic acids is 2. The van der Waals surface area contributed by atoms with Crippen LogP contribution in [0.1, 0.15) is 17.4 Å². The lowest BCUT2D eigenvalue weighted by molar-refractivity contribution is -0.123. The highest BCUT2D eigenvalue weighted by Gasteiger charge is 2.25. The summed E-state index contributed by atoms with van der Waals surface area (Å²) in [6.45, 7) is 1.35. The lowest BCUT2D eigenvalue weighted by Crippen LogP contribution is -2.30. The number of nitrogens with one attached hydrogen (secondary N) is 1. The van der Waals surface area contributed by atoms with Gasteiger partial charge in [0.05, 0.1) is 16.4 Å². The maximum absolute atomic E-state index is 12.2. The summed E-state index contributed by atoms with van der Waals surface area (Å²) in [4.78, 5) is 31.8. The number of pyridine rings is 2. The Labute approximate surface area is 162 Å². The van der Waals surface area contributed by atoms with Crippen molar-refractivity contribution in [1.29, 1.82) is 0 Å². The average molecular weight is 424 g/mol. The van der Waals surface area contributed by atoms with Gasteiger partial charge in [-0.05, 0) is 19.1 Å². The van der Waals surface area contributed by atoms with Gasteiger partial charge in [-0.2, -0.15) is 0 Å². The Kier molecular flexibility index (Phi) is 6.29. The molecule has 0 saturated heterocycles. The number of hydrogen-bond donors (Lipinski definition) is 2. The van der Waals surface area contributed by atoms with Crippen molar-refractivity contribution in [2.45, 2.75) is 13.0 Å². The fourth-order valence-electron chi connectivity index (χ4n) is 1.65. The number of nitrogens with zero attached hydrogens (tertiary/aromatic N) is 2. The van der Waals surface area contributed by atoms with Crippen molar-refractivity contribution in [3.8, 4) is 0 Å². The molecule has 2 aromatic heterocycles. The van der Waals surface area contributed by atoms with Gasteiger partial charge >= 0.3 is 5.97 Å². The Balaban J connectivity index is 2.13. The molecule has 2 rings (SSSR count). The molecule has 1 unspecified atom stereocenters. The van der Waals surface area contributed by atoms with Gasteiger partial charge in [-0.3, -0.25) is 4.79 Å². The van der Waals surface area contributed by atoms with Crippen LogP contribution < -0.4 is 11.1 Å². The lowest BCUT2D eigenvalue weighted by atomic mass is 10.3.